The quantitative estimate of drug-likeness (QED) is 0.838. The summed E-state index contributed by atoms with van der Waals surface area (Å²) >= 11 is 1.37. The lowest BCUT2D eigenvalue weighted by atomic mass is 10.1. The number of halogens is 2. The smallest absolute Gasteiger partial charge is 0.162 e. The van der Waals surface area contributed by atoms with E-state index in [0.29, 0.717) is 0 Å². The predicted molar refractivity (Wildman–Crippen MR) is 60.9 cm³/mol. The molecule has 0 saturated carbocycles. The average Bonchev–Trinajstić information content (AvgIpc) is 2.77. The van der Waals surface area contributed by atoms with Gasteiger partial charge >= 0.3 is 0 Å². The SMILES string of the molecule is O=C(Cc1cncs1)Cc1cccc(F)c1F. The van der Waals surface area contributed by atoms with Crippen LogP contribution in [-0.4, -0.2) is 10.8 Å². The number of nitrogens with zero attached hydrogens (tertiary/aromatic N) is 1. The second-order valence-electron chi connectivity index (χ2n) is 3.57. The second-order valence-corrected chi connectivity index (χ2v) is 4.54. The van der Waals surface area contributed by atoms with Gasteiger partial charge in [0.05, 0.1) is 5.51 Å². The fourth-order valence-electron chi connectivity index (χ4n) is 1.48. The van der Waals surface area contributed by atoms with Crippen molar-refractivity contribution in [1.82, 2.24) is 4.98 Å². The number of Topliss-reactive ketones (excluding diaryl/α,β-unsaturated/α-hetero) is 1. The molecular formula is C12H9F2NOS. The fourth-order valence-corrected chi connectivity index (χ4v) is 2.11. The summed E-state index contributed by atoms with van der Waals surface area (Å²) in [6.07, 6.45) is 1.71. The van der Waals surface area contributed by atoms with Crippen LogP contribution in [0.15, 0.2) is 29.9 Å². The highest BCUT2D eigenvalue weighted by molar-refractivity contribution is 7.09. The van der Waals surface area contributed by atoms with Crippen LogP contribution >= 0.6 is 11.3 Å². The summed E-state index contributed by atoms with van der Waals surface area (Å²) in [5, 5.41) is 0. The number of carbonyl (C=O) groups excluding carboxylic acids is 1. The third kappa shape index (κ3) is 2.94. The molecule has 0 atom stereocenters. The molecule has 0 aliphatic carbocycles. The van der Waals surface area contributed by atoms with E-state index in [2.05, 4.69) is 4.98 Å². The van der Waals surface area contributed by atoms with Crippen LogP contribution in [0.4, 0.5) is 8.78 Å². The van der Waals surface area contributed by atoms with Gasteiger partial charge in [-0.3, -0.25) is 9.78 Å². The Kier molecular flexibility index (Phi) is 3.58. The zero-order chi connectivity index (χ0) is 12.3. The summed E-state index contributed by atoms with van der Waals surface area (Å²) in [7, 11) is 0. The fraction of sp³-hybridized carbons (Fsp3) is 0.167. The lowest BCUT2D eigenvalue weighted by molar-refractivity contribution is -0.117. The van der Waals surface area contributed by atoms with Gasteiger partial charge in [0.25, 0.3) is 0 Å². The largest absolute Gasteiger partial charge is 0.299 e. The summed E-state index contributed by atoms with van der Waals surface area (Å²) in [5.41, 5.74) is 1.73. The van der Waals surface area contributed by atoms with Crippen molar-refractivity contribution in [2.24, 2.45) is 0 Å². The van der Waals surface area contributed by atoms with Gasteiger partial charge in [-0.05, 0) is 11.6 Å². The molecule has 1 heterocycles. The lowest BCUT2D eigenvalue weighted by Gasteiger charge is -2.02. The van der Waals surface area contributed by atoms with Crippen molar-refractivity contribution in [3.05, 3.63) is 52.0 Å². The van der Waals surface area contributed by atoms with Gasteiger partial charge in [0, 0.05) is 23.9 Å². The van der Waals surface area contributed by atoms with E-state index in [0.717, 1.165) is 10.9 Å². The molecule has 0 radical (unpaired) electrons. The van der Waals surface area contributed by atoms with Crippen LogP contribution in [0.3, 0.4) is 0 Å². The van der Waals surface area contributed by atoms with E-state index in [1.165, 1.54) is 23.5 Å². The highest BCUT2D eigenvalue weighted by Gasteiger charge is 2.12. The highest BCUT2D eigenvalue weighted by Crippen LogP contribution is 2.14. The lowest BCUT2D eigenvalue weighted by Crippen LogP contribution is -2.07. The molecule has 0 aliphatic heterocycles. The van der Waals surface area contributed by atoms with Crippen molar-refractivity contribution in [2.45, 2.75) is 12.8 Å². The van der Waals surface area contributed by atoms with Gasteiger partial charge in [0.1, 0.15) is 5.78 Å². The van der Waals surface area contributed by atoms with Gasteiger partial charge in [-0.15, -0.1) is 11.3 Å². The monoisotopic (exact) mass is 253 g/mol. The first-order valence-electron chi connectivity index (χ1n) is 4.99. The normalized spacial score (nSPS) is 10.5. The van der Waals surface area contributed by atoms with Crippen molar-refractivity contribution in [3.63, 3.8) is 0 Å². The van der Waals surface area contributed by atoms with Crippen molar-refractivity contribution in [2.75, 3.05) is 0 Å². The topological polar surface area (TPSA) is 30.0 Å². The minimum atomic E-state index is -0.940. The number of rotatable bonds is 4. The van der Waals surface area contributed by atoms with Gasteiger partial charge in [-0.1, -0.05) is 12.1 Å². The number of carbonyl (C=O) groups is 1. The number of ketones is 1. The number of aromatic nitrogens is 1. The molecule has 2 nitrogen and oxygen atoms in total. The van der Waals surface area contributed by atoms with E-state index in [4.69, 9.17) is 0 Å². The summed E-state index contributed by atoms with van der Waals surface area (Å²) in [6.45, 7) is 0. The maximum atomic E-state index is 13.3. The average molecular weight is 253 g/mol. The summed E-state index contributed by atoms with van der Waals surface area (Å²) in [5.74, 6) is -2.02. The number of hydrogen-bond acceptors (Lipinski definition) is 3. The molecule has 0 spiro atoms. The van der Waals surface area contributed by atoms with Gasteiger partial charge in [0.2, 0.25) is 0 Å². The molecule has 0 bridgehead atoms. The standard InChI is InChI=1S/C12H9F2NOS/c13-11-3-1-2-8(12(11)14)4-9(16)5-10-6-15-7-17-10/h1-3,6-7H,4-5H2. The summed E-state index contributed by atoms with van der Waals surface area (Å²) in [4.78, 5) is 16.3. The zero-order valence-electron chi connectivity index (χ0n) is 8.82. The summed E-state index contributed by atoms with van der Waals surface area (Å²) < 4.78 is 26.2. The predicted octanol–water partition coefficient (Wildman–Crippen LogP) is 2.78. The number of benzene rings is 1. The van der Waals surface area contributed by atoms with Crippen LogP contribution in [0.25, 0.3) is 0 Å². The van der Waals surface area contributed by atoms with Crippen molar-refractivity contribution >= 4 is 17.1 Å². The molecule has 2 aromatic rings. The zero-order valence-corrected chi connectivity index (χ0v) is 9.64. The molecule has 0 unspecified atom stereocenters. The van der Waals surface area contributed by atoms with Crippen molar-refractivity contribution < 1.29 is 13.6 Å². The number of thiazole rings is 1. The van der Waals surface area contributed by atoms with Gasteiger partial charge < -0.3 is 0 Å². The van der Waals surface area contributed by atoms with Crippen LogP contribution < -0.4 is 0 Å². The molecule has 5 heteroatoms. The molecule has 0 N–H and O–H groups in total. The molecule has 0 saturated heterocycles. The van der Waals surface area contributed by atoms with E-state index < -0.39 is 11.6 Å². The molecule has 0 fully saturated rings. The van der Waals surface area contributed by atoms with Crippen molar-refractivity contribution in [1.29, 1.82) is 0 Å². The first kappa shape index (κ1) is 11.9. The van der Waals surface area contributed by atoms with Crippen LogP contribution in [0.1, 0.15) is 10.4 Å². The molecule has 17 heavy (non-hydrogen) atoms. The maximum Gasteiger partial charge on any atom is 0.162 e. The van der Waals surface area contributed by atoms with E-state index in [-0.39, 0.29) is 24.2 Å². The van der Waals surface area contributed by atoms with Crippen LogP contribution in [-0.2, 0) is 17.6 Å². The Bertz CT molecular complexity index is 525. The highest BCUT2D eigenvalue weighted by atomic mass is 32.1. The molecule has 1 aromatic heterocycles. The Morgan fingerprint density at radius 1 is 1.29 bits per heavy atom. The van der Waals surface area contributed by atoms with Crippen LogP contribution in [0.5, 0.6) is 0 Å². The maximum absolute atomic E-state index is 13.3. The van der Waals surface area contributed by atoms with Gasteiger partial charge in [0.15, 0.2) is 11.6 Å². The Labute approximate surface area is 101 Å². The molecular weight excluding hydrogens is 244 g/mol. The molecule has 88 valence electrons. The second kappa shape index (κ2) is 5.14. The van der Waals surface area contributed by atoms with E-state index >= 15 is 0 Å². The molecule has 1 aromatic carbocycles. The number of hydrogen-bond donors (Lipinski definition) is 0. The van der Waals surface area contributed by atoms with Crippen molar-refractivity contribution in [3.8, 4) is 0 Å². The Balaban J connectivity index is 2.06. The van der Waals surface area contributed by atoms with Crippen LogP contribution in [0.2, 0.25) is 0 Å². The van der Waals surface area contributed by atoms with Gasteiger partial charge in [-0.2, -0.15) is 0 Å². The summed E-state index contributed by atoms with van der Waals surface area (Å²) in [6, 6.07) is 3.85. The molecule has 0 aliphatic rings. The molecule has 2 rings (SSSR count). The molecule has 0 amide bonds. The van der Waals surface area contributed by atoms with Gasteiger partial charge in [-0.25, -0.2) is 8.78 Å². The van der Waals surface area contributed by atoms with E-state index in [1.54, 1.807) is 11.7 Å². The Morgan fingerprint density at radius 3 is 2.82 bits per heavy atom. The minimum Gasteiger partial charge on any atom is -0.299 e. The Hall–Kier alpha value is -1.62. The van der Waals surface area contributed by atoms with E-state index in [9.17, 15) is 13.6 Å². The van der Waals surface area contributed by atoms with E-state index in [1.807, 2.05) is 0 Å². The third-order valence-corrected chi connectivity index (χ3v) is 3.05. The first-order chi connectivity index (χ1) is 8.16. The first-order valence-corrected chi connectivity index (χ1v) is 5.86. The Morgan fingerprint density at radius 2 is 2.12 bits per heavy atom. The third-order valence-electron chi connectivity index (χ3n) is 2.27. The minimum absolute atomic E-state index is 0.0957. The van der Waals surface area contributed by atoms with Crippen LogP contribution in [0, 0.1) is 11.6 Å².